The lowest BCUT2D eigenvalue weighted by Crippen LogP contribution is -2.46. The molecule has 1 aromatic rings. The van der Waals surface area contributed by atoms with E-state index < -0.39 is 6.23 Å². The number of carbonyl (C=O) groups excluding carboxylic acids is 1. The number of aromatic nitrogens is 1. The Morgan fingerprint density at radius 2 is 2.11 bits per heavy atom. The Kier molecular flexibility index (Phi) is 11.6. The fourth-order valence-corrected chi connectivity index (χ4v) is 2.51. The summed E-state index contributed by atoms with van der Waals surface area (Å²) in [6, 6.07) is 3.54. The predicted octanol–water partition coefficient (Wildman–Crippen LogP) is 1.95. The van der Waals surface area contributed by atoms with E-state index in [0.717, 1.165) is 19.3 Å². The molecule has 1 N–H and O–H groups in total. The number of unbranched alkanes of at least 4 members (excludes halogenated alkanes) is 1. The van der Waals surface area contributed by atoms with Crippen molar-refractivity contribution in [3.63, 3.8) is 0 Å². The van der Waals surface area contributed by atoms with Crippen LogP contribution in [0.2, 0.25) is 0 Å². The molecule has 8 heteroatoms. The fraction of sp³-hybridized carbons (Fsp3) is 0.684. The van der Waals surface area contributed by atoms with Crippen LogP contribution in [0.4, 0.5) is 0 Å². The Balaban J connectivity index is 2.75. The van der Waals surface area contributed by atoms with E-state index in [4.69, 9.17) is 18.9 Å². The highest BCUT2D eigenvalue weighted by Gasteiger charge is 2.24. The molecule has 0 unspecified atom stereocenters. The third-order valence-electron chi connectivity index (χ3n) is 3.89. The second-order valence-electron chi connectivity index (χ2n) is 6.22. The van der Waals surface area contributed by atoms with Crippen molar-refractivity contribution >= 4 is 5.91 Å². The molecule has 1 rings (SSSR count). The topological polar surface area (TPSA) is 90.4 Å². The zero-order chi connectivity index (χ0) is 20.1. The molecule has 1 heterocycles. The maximum atomic E-state index is 12.7. The molecule has 8 nitrogen and oxygen atoms in total. The van der Waals surface area contributed by atoms with Gasteiger partial charge in [-0.3, -0.25) is 14.7 Å². The highest BCUT2D eigenvalue weighted by molar-refractivity contribution is 5.78. The highest BCUT2D eigenvalue weighted by Crippen LogP contribution is 2.16. The van der Waals surface area contributed by atoms with E-state index in [9.17, 15) is 9.90 Å². The Morgan fingerprint density at radius 1 is 1.33 bits per heavy atom. The number of ether oxygens (including phenoxy) is 4. The number of aliphatic hydroxyl groups is 1. The van der Waals surface area contributed by atoms with Crippen molar-refractivity contribution in [1.29, 1.82) is 0 Å². The van der Waals surface area contributed by atoms with Gasteiger partial charge in [0.2, 0.25) is 5.91 Å². The van der Waals surface area contributed by atoms with E-state index >= 15 is 0 Å². The lowest BCUT2D eigenvalue weighted by atomic mass is 10.2. The van der Waals surface area contributed by atoms with Crippen molar-refractivity contribution in [1.82, 2.24) is 9.88 Å². The van der Waals surface area contributed by atoms with Gasteiger partial charge in [0.15, 0.2) is 6.23 Å². The summed E-state index contributed by atoms with van der Waals surface area (Å²) >= 11 is 0. The molecule has 0 aliphatic heterocycles. The number of rotatable bonds is 14. The van der Waals surface area contributed by atoms with Crippen LogP contribution in [0.1, 0.15) is 38.8 Å². The molecule has 27 heavy (non-hydrogen) atoms. The standard InChI is InChI=1S/C19H32N2O6/c1-5-6-7-15(2)27-17-8-9-20-16(10-17)11-18(23)21(13-24-3)19(12-22)26-14-25-4/h8-10,15,19,22H,5-7,11-14H2,1-4H3/t15-,19-/m1/s1. The van der Waals surface area contributed by atoms with Gasteiger partial charge in [-0.25, -0.2) is 0 Å². The van der Waals surface area contributed by atoms with E-state index in [0.29, 0.717) is 11.4 Å². The van der Waals surface area contributed by atoms with E-state index in [-0.39, 0.29) is 38.6 Å². The van der Waals surface area contributed by atoms with Crippen LogP contribution in [0, 0.1) is 0 Å². The van der Waals surface area contributed by atoms with Crippen LogP contribution in [-0.4, -0.2) is 67.6 Å². The van der Waals surface area contributed by atoms with E-state index in [1.807, 2.05) is 6.92 Å². The molecule has 0 fully saturated rings. The zero-order valence-corrected chi connectivity index (χ0v) is 16.7. The molecular formula is C19H32N2O6. The summed E-state index contributed by atoms with van der Waals surface area (Å²) in [6.07, 6.45) is 4.11. The minimum Gasteiger partial charge on any atom is -0.491 e. The summed E-state index contributed by atoms with van der Waals surface area (Å²) in [4.78, 5) is 18.2. The van der Waals surface area contributed by atoms with Crippen LogP contribution in [0.15, 0.2) is 18.3 Å². The van der Waals surface area contributed by atoms with Gasteiger partial charge in [0.05, 0.1) is 24.8 Å². The number of nitrogens with zero attached hydrogens (tertiary/aromatic N) is 2. The van der Waals surface area contributed by atoms with Crippen molar-refractivity contribution in [2.45, 2.75) is 51.9 Å². The normalized spacial score (nSPS) is 13.2. The Hall–Kier alpha value is -1.74. The second kappa shape index (κ2) is 13.4. The van der Waals surface area contributed by atoms with Gasteiger partial charge in [-0.2, -0.15) is 0 Å². The molecule has 1 amide bonds. The predicted molar refractivity (Wildman–Crippen MR) is 100 cm³/mol. The van der Waals surface area contributed by atoms with E-state index in [2.05, 4.69) is 11.9 Å². The molecule has 154 valence electrons. The molecule has 0 spiro atoms. The molecule has 0 saturated carbocycles. The smallest absolute Gasteiger partial charge is 0.232 e. The van der Waals surface area contributed by atoms with Crippen LogP contribution >= 0.6 is 0 Å². The summed E-state index contributed by atoms with van der Waals surface area (Å²) < 4.78 is 21.1. The van der Waals surface area contributed by atoms with E-state index in [1.54, 1.807) is 18.3 Å². The molecule has 1 aromatic heterocycles. The number of amides is 1. The lowest BCUT2D eigenvalue weighted by Gasteiger charge is -2.29. The highest BCUT2D eigenvalue weighted by atomic mass is 16.7. The van der Waals surface area contributed by atoms with Gasteiger partial charge in [-0.15, -0.1) is 0 Å². The first-order chi connectivity index (χ1) is 13.0. The van der Waals surface area contributed by atoms with E-state index in [1.165, 1.54) is 19.1 Å². The van der Waals surface area contributed by atoms with Gasteiger partial charge < -0.3 is 24.1 Å². The van der Waals surface area contributed by atoms with Crippen molar-refractivity contribution in [3.8, 4) is 5.75 Å². The maximum absolute atomic E-state index is 12.7. The average molecular weight is 384 g/mol. The molecule has 0 aliphatic rings. The quantitative estimate of drug-likeness (QED) is 0.490. The number of hydrogen-bond donors (Lipinski definition) is 1. The number of carbonyl (C=O) groups is 1. The number of methoxy groups -OCH3 is 2. The molecule has 0 radical (unpaired) electrons. The van der Waals surface area contributed by atoms with Crippen LogP contribution < -0.4 is 4.74 Å². The number of pyridine rings is 1. The Bertz CT molecular complexity index is 543. The van der Waals surface area contributed by atoms with Gasteiger partial charge in [-0.05, 0) is 19.4 Å². The van der Waals surface area contributed by atoms with Crippen LogP contribution in [0.5, 0.6) is 5.75 Å². The number of hydrogen-bond acceptors (Lipinski definition) is 7. The zero-order valence-electron chi connectivity index (χ0n) is 16.7. The SMILES string of the molecule is CCCC[C@@H](C)Oc1ccnc(CC(=O)N(COC)[C@@H](CO)OCOC)c1. The summed E-state index contributed by atoms with van der Waals surface area (Å²) in [5.74, 6) is 0.403. The molecule has 0 bridgehead atoms. The van der Waals surface area contributed by atoms with Crippen molar-refractivity contribution < 1.29 is 28.8 Å². The lowest BCUT2D eigenvalue weighted by molar-refractivity contribution is -0.180. The first kappa shape index (κ1) is 23.3. The molecule has 0 aromatic carbocycles. The first-order valence-electron chi connectivity index (χ1n) is 9.17. The van der Waals surface area contributed by atoms with Crippen LogP contribution in [0.3, 0.4) is 0 Å². The summed E-state index contributed by atoms with van der Waals surface area (Å²) in [5, 5.41) is 9.51. The largest absolute Gasteiger partial charge is 0.491 e. The molecule has 0 aliphatic carbocycles. The van der Waals surface area contributed by atoms with Gasteiger partial charge in [-0.1, -0.05) is 19.8 Å². The van der Waals surface area contributed by atoms with Gasteiger partial charge >= 0.3 is 0 Å². The van der Waals surface area contributed by atoms with Crippen molar-refractivity contribution in [2.24, 2.45) is 0 Å². The molecule has 2 atom stereocenters. The summed E-state index contributed by atoms with van der Waals surface area (Å²) in [7, 11) is 2.93. The van der Waals surface area contributed by atoms with Crippen molar-refractivity contribution in [2.75, 3.05) is 34.4 Å². The van der Waals surface area contributed by atoms with Gasteiger partial charge in [0.1, 0.15) is 19.3 Å². The van der Waals surface area contributed by atoms with Gasteiger partial charge in [0, 0.05) is 26.5 Å². The second-order valence-corrected chi connectivity index (χ2v) is 6.22. The van der Waals surface area contributed by atoms with Crippen molar-refractivity contribution in [3.05, 3.63) is 24.0 Å². The minimum atomic E-state index is -0.856. The Morgan fingerprint density at radius 3 is 2.74 bits per heavy atom. The maximum Gasteiger partial charge on any atom is 0.232 e. The minimum absolute atomic E-state index is 0.0159. The molecular weight excluding hydrogens is 352 g/mol. The van der Waals surface area contributed by atoms with Crippen LogP contribution in [-0.2, 0) is 25.4 Å². The third-order valence-corrected chi connectivity index (χ3v) is 3.89. The van der Waals surface area contributed by atoms with Crippen LogP contribution in [0.25, 0.3) is 0 Å². The summed E-state index contributed by atoms with van der Waals surface area (Å²) in [5.41, 5.74) is 0.574. The monoisotopic (exact) mass is 384 g/mol. The first-order valence-corrected chi connectivity index (χ1v) is 9.17. The fourth-order valence-electron chi connectivity index (χ4n) is 2.51. The molecule has 0 saturated heterocycles. The van der Waals surface area contributed by atoms with Gasteiger partial charge in [0.25, 0.3) is 0 Å². The Labute approximate surface area is 161 Å². The third kappa shape index (κ3) is 8.66. The average Bonchev–Trinajstić information content (AvgIpc) is 2.66. The summed E-state index contributed by atoms with van der Waals surface area (Å²) in [6.45, 7) is 3.74. The number of aliphatic hydroxyl groups excluding tert-OH is 1.